The summed E-state index contributed by atoms with van der Waals surface area (Å²) in [6, 6.07) is 9.22. The number of methoxy groups -OCH3 is 1. The maximum atomic E-state index is 12.7. The molecule has 0 aliphatic carbocycles. The summed E-state index contributed by atoms with van der Waals surface area (Å²) in [5, 5.41) is 14.0. The van der Waals surface area contributed by atoms with Crippen molar-refractivity contribution < 1.29 is 23.9 Å². The highest BCUT2D eigenvalue weighted by atomic mass is 16.5. The molecule has 3 atom stereocenters. The van der Waals surface area contributed by atoms with Gasteiger partial charge in [0, 0.05) is 12.3 Å². The first-order valence-electron chi connectivity index (χ1n) is 9.02. The highest BCUT2D eigenvalue weighted by Gasteiger charge is 2.32. The van der Waals surface area contributed by atoms with E-state index in [-0.39, 0.29) is 18.9 Å². The molecule has 28 heavy (non-hydrogen) atoms. The summed E-state index contributed by atoms with van der Waals surface area (Å²) in [6.07, 6.45) is -0.670. The van der Waals surface area contributed by atoms with E-state index in [9.17, 15) is 14.4 Å². The molecule has 0 aromatic heterocycles. The average molecular weight is 389 g/mol. The summed E-state index contributed by atoms with van der Waals surface area (Å²) in [7, 11) is 1.21. The fraction of sp³-hybridized carbons (Fsp3) is 0.500. The molecule has 0 fully saturated rings. The Morgan fingerprint density at radius 2 is 1.71 bits per heavy atom. The molecule has 0 heterocycles. The predicted molar refractivity (Wildman–Crippen MR) is 102 cm³/mol. The SMILES string of the molecule is COC(=O)[C@H](NC(=O)[C@@H](NC(=O)OCc1ccccc1)C(C)C)[C@H](C)CC#N. The summed E-state index contributed by atoms with van der Waals surface area (Å²) in [5.74, 6) is -1.90. The van der Waals surface area contributed by atoms with Crippen molar-refractivity contribution in [3.63, 3.8) is 0 Å². The molecule has 1 rings (SSSR count). The van der Waals surface area contributed by atoms with Crippen LogP contribution in [0.4, 0.5) is 4.79 Å². The molecule has 1 aromatic carbocycles. The Kier molecular flexibility index (Phi) is 9.51. The van der Waals surface area contributed by atoms with E-state index in [0.29, 0.717) is 0 Å². The quantitative estimate of drug-likeness (QED) is 0.625. The molecule has 0 aliphatic rings. The summed E-state index contributed by atoms with van der Waals surface area (Å²) in [5.41, 5.74) is 0.819. The predicted octanol–water partition coefficient (Wildman–Crippen LogP) is 2.14. The summed E-state index contributed by atoms with van der Waals surface area (Å²) in [4.78, 5) is 36.7. The molecular formula is C20H27N3O5. The first kappa shape index (κ1) is 23.0. The van der Waals surface area contributed by atoms with Crippen LogP contribution in [0.15, 0.2) is 30.3 Å². The lowest BCUT2D eigenvalue weighted by Crippen LogP contribution is -2.55. The first-order chi connectivity index (χ1) is 13.3. The molecule has 1 aromatic rings. The molecule has 0 radical (unpaired) electrons. The molecular weight excluding hydrogens is 362 g/mol. The lowest BCUT2D eigenvalue weighted by Gasteiger charge is -2.26. The number of ether oxygens (including phenoxy) is 2. The number of nitrogens with zero attached hydrogens (tertiary/aromatic N) is 1. The zero-order valence-corrected chi connectivity index (χ0v) is 16.6. The second-order valence-corrected chi connectivity index (χ2v) is 6.78. The fourth-order valence-electron chi connectivity index (χ4n) is 2.49. The minimum absolute atomic E-state index is 0.0684. The van der Waals surface area contributed by atoms with Crippen LogP contribution in [0.25, 0.3) is 0 Å². The number of carbonyl (C=O) groups excluding carboxylic acids is 3. The van der Waals surface area contributed by atoms with Crippen molar-refractivity contribution in [2.24, 2.45) is 11.8 Å². The highest BCUT2D eigenvalue weighted by Crippen LogP contribution is 2.11. The number of nitrogens with one attached hydrogen (secondary N) is 2. The molecule has 0 saturated carbocycles. The lowest BCUT2D eigenvalue weighted by atomic mass is 9.97. The molecule has 2 amide bonds. The van der Waals surface area contributed by atoms with Crippen LogP contribution in [0.2, 0.25) is 0 Å². The number of hydrogen-bond acceptors (Lipinski definition) is 6. The molecule has 0 aliphatic heterocycles. The Balaban J connectivity index is 2.74. The monoisotopic (exact) mass is 389 g/mol. The van der Waals surface area contributed by atoms with Crippen LogP contribution in [0, 0.1) is 23.2 Å². The Morgan fingerprint density at radius 3 is 2.25 bits per heavy atom. The third-order valence-corrected chi connectivity index (χ3v) is 4.17. The van der Waals surface area contributed by atoms with Crippen LogP contribution in [0.1, 0.15) is 32.8 Å². The van der Waals surface area contributed by atoms with Gasteiger partial charge in [-0.1, -0.05) is 51.1 Å². The molecule has 152 valence electrons. The molecule has 0 bridgehead atoms. The molecule has 0 unspecified atom stereocenters. The maximum absolute atomic E-state index is 12.7. The van der Waals surface area contributed by atoms with Crippen LogP contribution < -0.4 is 10.6 Å². The zero-order chi connectivity index (χ0) is 21.1. The molecule has 2 N–H and O–H groups in total. The van der Waals surface area contributed by atoms with Crippen molar-refractivity contribution in [3.8, 4) is 6.07 Å². The van der Waals surface area contributed by atoms with Crippen molar-refractivity contribution >= 4 is 18.0 Å². The summed E-state index contributed by atoms with van der Waals surface area (Å²) >= 11 is 0. The van der Waals surface area contributed by atoms with Gasteiger partial charge in [0.05, 0.1) is 13.2 Å². The van der Waals surface area contributed by atoms with E-state index in [1.807, 2.05) is 36.4 Å². The van der Waals surface area contributed by atoms with Gasteiger partial charge in [-0.15, -0.1) is 0 Å². The van der Waals surface area contributed by atoms with Gasteiger partial charge in [-0.25, -0.2) is 9.59 Å². The van der Waals surface area contributed by atoms with E-state index in [4.69, 9.17) is 14.7 Å². The molecule has 0 saturated heterocycles. The average Bonchev–Trinajstić information content (AvgIpc) is 2.68. The number of esters is 1. The molecule has 0 spiro atoms. The fourth-order valence-corrected chi connectivity index (χ4v) is 2.49. The number of amides is 2. The lowest BCUT2D eigenvalue weighted by molar-refractivity contribution is -0.146. The number of carbonyl (C=O) groups is 3. The van der Waals surface area contributed by atoms with Gasteiger partial charge < -0.3 is 20.1 Å². The van der Waals surface area contributed by atoms with Crippen LogP contribution in [-0.4, -0.2) is 37.2 Å². The summed E-state index contributed by atoms with van der Waals surface area (Å²) in [6.45, 7) is 5.25. The topological polar surface area (TPSA) is 118 Å². The minimum Gasteiger partial charge on any atom is -0.467 e. The Bertz CT molecular complexity index is 700. The Labute approximate surface area is 165 Å². The summed E-state index contributed by atoms with van der Waals surface area (Å²) < 4.78 is 9.87. The maximum Gasteiger partial charge on any atom is 0.408 e. The normalized spacial score (nSPS) is 13.6. The molecule has 8 heteroatoms. The van der Waals surface area contributed by atoms with Gasteiger partial charge >= 0.3 is 12.1 Å². The van der Waals surface area contributed by atoms with Gasteiger partial charge in [-0.05, 0) is 11.5 Å². The smallest absolute Gasteiger partial charge is 0.408 e. The second-order valence-electron chi connectivity index (χ2n) is 6.78. The number of hydrogen-bond donors (Lipinski definition) is 2. The minimum atomic E-state index is -0.986. The van der Waals surface area contributed by atoms with Crippen molar-refractivity contribution in [1.82, 2.24) is 10.6 Å². The third kappa shape index (κ3) is 7.27. The number of rotatable bonds is 9. The van der Waals surface area contributed by atoms with Gasteiger partial charge in [0.25, 0.3) is 0 Å². The van der Waals surface area contributed by atoms with E-state index in [1.165, 1.54) is 7.11 Å². The highest BCUT2D eigenvalue weighted by molar-refractivity contribution is 5.90. The van der Waals surface area contributed by atoms with Gasteiger partial charge in [-0.2, -0.15) is 5.26 Å². The van der Waals surface area contributed by atoms with E-state index in [2.05, 4.69) is 10.6 Å². The Morgan fingerprint density at radius 1 is 1.07 bits per heavy atom. The standard InChI is InChI=1S/C20H27N3O5/c1-13(2)16(23-20(26)28-12-15-8-6-5-7-9-15)18(24)22-17(19(25)27-4)14(3)10-11-21/h5-9,13-14,16-17H,10,12H2,1-4H3,(H,22,24)(H,23,26)/t14-,16+,17-/m1/s1. The molecule has 8 nitrogen and oxygen atoms in total. The van der Waals surface area contributed by atoms with Gasteiger partial charge in [0.2, 0.25) is 5.91 Å². The van der Waals surface area contributed by atoms with Crippen LogP contribution in [0.3, 0.4) is 0 Å². The Hall–Kier alpha value is -3.08. The largest absolute Gasteiger partial charge is 0.467 e. The number of alkyl carbamates (subject to hydrolysis) is 1. The van der Waals surface area contributed by atoms with Crippen LogP contribution >= 0.6 is 0 Å². The van der Waals surface area contributed by atoms with Gasteiger partial charge in [-0.3, -0.25) is 4.79 Å². The van der Waals surface area contributed by atoms with Crippen molar-refractivity contribution in [2.75, 3.05) is 7.11 Å². The zero-order valence-electron chi connectivity index (χ0n) is 16.6. The van der Waals surface area contributed by atoms with Gasteiger partial charge in [0.15, 0.2) is 0 Å². The van der Waals surface area contributed by atoms with Crippen molar-refractivity contribution in [2.45, 2.75) is 45.9 Å². The number of nitriles is 1. The van der Waals surface area contributed by atoms with Crippen LogP contribution in [0.5, 0.6) is 0 Å². The third-order valence-electron chi connectivity index (χ3n) is 4.17. The van der Waals surface area contributed by atoms with E-state index in [1.54, 1.807) is 20.8 Å². The first-order valence-corrected chi connectivity index (χ1v) is 9.02. The second kappa shape index (κ2) is 11.6. The van der Waals surface area contributed by atoms with Crippen LogP contribution in [-0.2, 0) is 25.7 Å². The van der Waals surface area contributed by atoms with Crippen molar-refractivity contribution in [1.29, 1.82) is 5.26 Å². The van der Waals surface area contributed by atoms with Crippen molar-refractivity contribution in [3.05, 3.63) is 35.9 Å². The number of benzene rings is 1. The van der Waals surface area contributed by atoms with E-state index in [0.717, 1.165) is 5.56 Å². The van der Waals surface area contributed by atoms with Gasteiger partial charge in [0.1, 0.15) is 18.7 Å². The van der Waals surface area contributed by atoms with E-state index < -0.39 is 36.0 Å². The van der Waals surface area contributed by atoms with E-state index >= 15 is 0 Å².